The van der Waals surface area contributed by atoms with E-state index < -0.39 is 10.0 Å². The van der Waals surface area contributed by atoms with E-state index in [0.29, 0.717) is 32.5 Å². The first-order valence-electron chi connectivity index (χ1n) is 5.81. The van der Waals surface area contributed by atoms with Gasteiger partial charge in [0.1, 0.15) is 0 Å². The molecule has 1 heterocycles. The minimum absolute atomic E-state index is 0.0153. The van der Waals surface area contributed by atoms with E-state index in [4.69, 9.17) is 0 Å². The van der Waals surface area contributed by atoms with Crippen molar-refractivity contribution in [3.05, 3.63) is 0 Å². The highest BCUT2D eigenvalue weighted by atomic mass is 32.2. The SMILES string of the molecule is CCC(=O)NCCCN1CCCCS1(=O)=O. The summed E-state index contributed by atoms with van der Waals surface area (Å²) in [5.41, 5.74) is 0. The van der Waals surface area contributed by atoms with Crippen LogP contribution in [0.15, 0.2) is 0 Å². The van der Waals surface area contributed by atoms with Crippen molar-refractivity contribution in [1.82, 2.24) is 9.62 Å². The summed E-state index contributed by atoms with van der Waals surface area (Å²) in [7, 11) is -3.01. The molecule has 0 saturated carbocycles. The molecule has 5 nitrogen and oxygen atoms in total. The maximum Gasteiger partial charge on any atom is 0.219 e. The van der Waals surface area contributed by atoms with Crippen molar-refractivity contribution in [2.75, 3.05) is 25.4 Å². The Morgan fingerprint density at radius 3 is 2.75 bits per heavy atom. The topological polar surface area (TPSA) is 66.5 Å². The van der Waals surface area contributed by atoms with Crippen LogP contribution < -0.4 is 5.32 Å². The molecule has 6 heteroatoms. The molecule has 1 saturated heterocycles. The lowest BCUT2D eigenvalue weighted by Gasteiger charge is -2.26. The van der Waals surface area contributed by atoms with Crippen LogP contribution in [0.5, 0.6) is 0 Å². The first-order valence-corrected chi connectivity index (χ1v) is 7.41. The highest BCUT2D eigenvalue weighted by molar-refractivity contribution is 7.89. The van der Waals surface area contributed by atoms with Gasteiger partial charge in [0.2, 0.25) is 15.9 Å². The van der Waals surface area contributed by atoms with Crippen LogP contribution in [-0.4, -0.2) is 44.0 Å². The van der Waals surface area contributed by atoms with Crippen molar-refractivity contribution in [2.24, 2.45) is 0 Å². The van der Waals surface area contributed by atoms with Gasteiger partial charge in [0.25, 0.3) is 0 Å². The summed E-state index contributed by atoms with van der Waals surface area (Å²) >= 11 is 0. The van der Waals surface area contributed by atoms with Gasteiger partial charge in [0, 0.05) is 26.1 Å². The minimum atomic E-state index is -3.01. The zero-order valence-corrected chi connectivity index (χ0v) is 10.6. The lowest BCUT2D eigenvalue weighted by Crippen LogP contribution is -2.39. The quantitative estimate of drug-likeness (QED) is 0.713. The average Bonchev–Trinajstić information content (AvgIpc) is 2.25. The second-order valence-corrected chi connectivity index (χ2v) is 6.07. The van der Waals surface area contributed by atoms with E-state index >= 15 is 0 Å². The summed E-state index contributed by atoms with van der Waals surface area (Å²) in [5, 5.41) is 2.74. The number of nitrogens with zero attached hydrogens (tertiary/aromatic N) is 1. The molecule has 1 N–H and O–H groups in total. The van der Waals surface area contributed by atoms with Gasteiger partial charge in [0.05, 0.1) is 5.75 Å². The number of sulfonamides is 1. The third kappa shape index (κ3) is 4.09. The normalized spacial score (nSPS) is 20.6. The van der Waals surface area contributed by atoms with Crippen LogP contribution in [0.3, 0.4) is 0 Å². The summed E-state index contributed by atoms with van der Waals surface area (Å²) in [6, 6.07) is 0. The number of amides is 1. The number of carbonyl (C=O) groups excluding carboxylic acids is 1. The monoisotopic (exact) mass is 248 g/mol. The number of hydrogen-bond acceptors (Lipinski definition) is 3. The average molecular weight is 248 g/mol. The fourth-order valence-electron chi connectivity index (χ4n) is 1.70. The van der Waals surface area contributed by atoms with Crippen LogP contribution in [-0.2, 0) is 14.8 Å². The van der Waals surface area contributed by atoms with Gasteiger partial charge < -0.3 is 5.32 Å². The third-order valence-corrected chi connectivity index (χ3v) is 4.64. The third-order valence-electron chi connectivity index (χ3n) is 2.68. The Balaban J connectivity index is 2.24. The fraction of sp³-hybridized carbons (Fsp3) is 0.900. The van der Waals surface area contributed by atoms with Crippen LogP contribution in [0, 0.1) is 0 Å². The second kappa shape index (κ2) is 6.20. The van der Waals surface area contributed by atoms with Gasteiger partial charge in [-0.05, 0) is 19.3 Å². The molecule has 0 spiro atoms. The molecular formula is C10H20N2O3S. The standard InChI is InChI=1S/C10H20N2O3S/c1-2-10(13)11-6-5-8-12-7-3-4-9-16(12,14)15/h2-9H2,1H3,(H,11,13). The highest BCUT2D eigenvalue weighted by Crippen LogP contribution is 2.13. The number of rotatable bonds is 5. The Labute approximate surface area is 97.2 Å². The van der Waals surface area contributed by atoms with E-state index in [9.17, 15) is 13.2 Å². The number of nitrogens with one attached hydrogen (secondary N) is 1. The molecule has 1 aliphatic heterocycles. The van der Waals surface area contributed by atoms with Gasteiger partial charge in [0.15, 0.2) is 0 Å². The van der Waals surface area contributed by atoms with Gasteiger partial charge >= 0.3 is 0 Å². The van der Waals surface area contributed by atoms with E-state index in [1.807, 2.05) is 0 Å². The molecule has 0 atom stereocenters. The summed E-state index contributed by atoms with van der Waals surface area (Å²) in [4.78, 5) is 10.9. The maximum atomic E-state index is 11.6. The molecule has 0 aromatic carbocycles. The molecule has 16 heavy (non-hydrogen) atoms. The van der Waals surface area contributed by atoms with Crippen LogP contribution in [0.1, 0.15) is 32.6 Å². The molecule has 1 amide bonds. The minimum Gasteiger partial charge on any atom is -0.356 e. The maximum absolute atomic E-state index is 11.6. The molecule has 1 aliphatic rings. The van der Waals surface area contributed by atoms with E-state index in [1.165, 1.54) is 4.31 Å². The van der Waals surface area contributed by atoms with Crippen molar-refractivity contribution >= 4 is 15.9 Å². The highest BCUT2D eigenvalue weighted by Gasteiger charge is 2.24. The molecule has 1 rings (SSSR count). The fourth-order valence-corrected chi connectivity index (χ4v) is 3.34. The lowest BCUT2D eigenvalue weighted by atomic mass is 10.3. The smallest absolute Gasteiger partial charge is 0.219 e. The first kappa shape index (κ1) is 13.4. The van der Waals surface area contributed by atoms with E-state index in [1.54, 1.807) is 6.92 Å². The molecular weight excluding hydrogens is 228 g/mol. The Kier molecular flexibility index (Phi) is 5.21. The molecule has 0 radical (unpaired) electrons. The van der Waals surface area contributed by atoms with Crippen LogP contribution in [0.2, 0.25) is 0 Å². The van der Waals surface area contributed by atoms with Gasteiger partial charge in [-0.3, -0.25) is 4.79 Å². The molecule has 1 fully saturated rings. The van der Waals surface area contributed by atoms with Gasteiger partial charge in [-0.2, -0.15) is 0 Å². The molecule has 0 aliphatic carbocycles. The molecule has 0 aromatic heterocycles. The molecule has 0 unspecified atom stereocenters. The zero-order chi connectivity index (χ0) is 12.0. The summed E-state index contributed by atoms with van der Waals surface area (Å²) in [6.45, 7) is 3.50. The van der Waals surface area contributed by atoms with Crippen molar-refractivity contribution in [2.45, 2.75) is 32.6 Å². The Morgan fingerprint density at radius 1 is 1.38 bits per heavy atom. The van der Waals surface area contributed by atoms with Crippen molar-refractivity contribution in [1.29, 1.82) is 0 Å². The van der Waals surface area contributed by atoms with E-state index in [-0.39, 0.29) is 11.7 Å². The predicted molar refractivity (Wildman–Crippen MR) is 62.5 cm³/mol. The van der Waals surface area contributed by atoms with E-state index in [0.717, 1.165) is 12.8 Å². The largest absolute Gasteiger partial charge is 0.356 e. The first-order chi connectivity index (χ1) is 7.56. The molecule has 0 bridgehead atoms. The molecule has 0 aromatic rings. The van der Waals surface area contributed by atoms with Crippen LogP contribution in [0.4, 0.5) is 0 Å². The summed E-state index contributed by atoms with van der Waals surface area (Å²) in [5.74, 6) is 0.287. The predicted octanol–water partition coefficient (Wildman–Crippen LogP) is 0.328. The second-order valence-electron chi connectivity index (χ2n) is 3.98. The van der Waals surface area contributed by atoms with Crippen molar-refractivity contribution < 1.29 is 13.2 Å². The van der Waals surface area contributed by atoms with Crippen LogP contribution >= 0.6 is 0 Å². The molecule has 94 valence electrons. The van der Waals surface area contributed by atoms with Gasteiger partial charge in [-0.15, -0.1) is 0 Å². The lowest BCUT2D eigenvalue weighted by molar-refractivity contribution is -0.120. The van der Waals surface area contributed by atoms with Gasteiger partial charge in [-0.25, -0.2) is 12.7 Å². The summed E-state index contributed by atoms with van der Waals surface area (Å²) < 4.78 is 24.7. The zero-order valence-electron chi connectivity index (χ0n) is 9.74. The Hall–Kier alpha value is -0.620. The van der Waals surface area contributed by atoms with Crippen LogP contribution in [0.25, 0.3) is 0 Å². The Bertz CT molecular complexity index is 327. The van der Waals surface area contributed by atoms with E-state index in [2.05, 4.69) is 5.32 Å². The van der Waals surface area contributed by atoms with Crippen molar-refractivity contribution in [3.63, 3.8) is 0 Å². The number of hydrogen-bond donors (Lipinski definition) is 1. The van der Waals surface area contributed by atoms with Gasteiger partial charge in [-0.1, -0.05) is 6.92 Å². The summed E-state index contributed by atoms with van der Waals surface area (Å²) in [6.07, 6.45) is 2.87. The van der Waals surface area contributed by atoms with Crippen molar-refractivity contribution in [3.8, 4) is 0 Å². The number of carbonyl (C=O) groups is 1. The Morgan fingerprint density at radius 2 is 2.12 bits per heavy atom.